The average Bonchev–Trinajstić information content (AvgIpc) is 2.65. The predicted octanol–water partition coefficient (Wildman–Crippen LogP) is 1.58. The highest BCUT2D eigenvalue weighted by Gasteiger charge is 2.25. The van der Waals surface area contributed by atoms with E-state index < -0.39 is 18.1 Å². The van der Waals surface area contributed by atoms with Crippen LogP contribution >= 0.6 is 0 Å². The zero-order valence-electron chi connectivity index (χ0n) is 16.9. The monoisotopic (exact) mass is 376 g/mol. The summed E-state index contributed by atoms with van der Waals surface area (Å²) in [6, 6.07) is 0. The van der Waals surface area contributed by atoms with Gasteiger partial charge in [0.2, 0.25) is 0 Å². The van der Waals surface area contributed by atoms with Gasteiger partial charge in [-0.2, -0.15) is 0 Å². The summed E-state index contributed by atoms with van der Waals surface area (Å²) >= 11 is 0. The molecule has 0 unspecified atom stereocenters. The number of aliphatic hydroxyl groups is 2. The Kier molecular flexibility index (Phi) is 16.8. The summed E-state index contributed by atoms with van der Waals surface area (Å²) in [5.74, 6) is -0.479. The maximum absolute atomic E-state index is 10.9. The minimum absolute atomic E-state index is 0.0203. The number of ketones is 1. The lowest BCUT2D eigenvalue weighted by Gasteiger charge is -2.27. The molecule has 26 heavy (non-hydrogen) atoms. The topological polar surface area (TPSA) is 94.5 Å². The summed E-state index contributed by atoms with van der Waals surface area (Å²) in [6.07, 6.45) is 1.42. The van der Waals surface area contributed by atoms with Crippen molar-refractivity contribution < 1.29 is 34.0 Å². The molecular weight excluding hydrogens is 340 g/mol. The number of carbonyl (C=O) groups is 1. The molecular formula is C19H36O7. The lowest BCUT2D eigenvalue weighted by Crippen LogP contribution is -2.37. The van der Waals surface area contributed by atoms with E-state index >= 15 is 0 Å². The van der Waals surface area contributed by atoms with Crippen molar-refractivity contribution in [3.63, 3.8) is 0 Å². The first-order valence-corrected chi connectivity index (χ1v) is 8.46. The normalized spacial score (nSPS) is 17.7. The zero-order chi connectivity index (χ0) is 20.7. The van der Waals surface area contributed by atoms with Gasteiger partial charge in [-0.1, -0.05) is 26.0 Å². The van der Waals surface area contributed by atoms with Gasteiger partial charge in [-0.3, -0.25) is 4.79 Å². The van der Waals surface area contributed by atoms with Crippen LogP contribution in [0.4, 0.5) is 0 Å². The Morgan fingerprint density at radius 2 is 1.58 bits per heavy atom. The maximum atomic E-state index is 10.9. The molecule has 0 bridgehead atoms. The van der Waals surface area contributed by atoms with Crippen LogP contribution in [-0.4, -0.2) is 75.1 Å². The first-order chi connectivity index (χ1) is 12.2. The Morgan fingerprint density at radius 1 is 1.08 bits per heavy atom. The van der Waals surface area contributed by atoms with Crippen LogP contribution in [0.25, 0.3) is 0 Å². The average molecular weight is 376 g/mol. The van der Waals surface area contributed by atoms with E-state index in [1.807, 2.05) is 6.92 Å². The molecule has 2 N–H and O–H groups in total. The van der Waals surface area contributed by atoms with Crippen molar-refractivity contribution in [1.29, 1.82) is 0 Å². The molecule has 0 heterocycles. The molecule has 0 fully saturated rings. The number of aliphatic hydroxyl groups excluding tert-OH is 2. The largest absolute Gasteiger partial charge is 0.396 e. The zero-order valence-corrected chi connectivity index (χ0v) is 16.9. The maximum Gasteiger partial charge on any atom is 0.146 e. The van der Waals surface area contributed by atoms with E-state index in [1.165, 1.54) is 20.1 Å². The Bertz CT molecular complexity index is 384. The van der Waals surface area contributed by atoms with Gasteiger partial charge < -0.3 is 29.2 Å². The lowest BCUT2D eigenvalue weighted by atomic mass is 9.96. The molecule has 0 aromatic carbocycles. The van der Waals surface area contributed by atoms with Crippen molar-refractivity contribution in [2.75, 3.05) is 34.7 Å². The highest BCUT2D eigenvalue weighted by molar-refractivity contribution is 5.78. The van der Waals surface area contributed by atoms with Crippen molar-refractivity contribution in [2.45, 2.75) is 45.2 Å². The van der Waals surface area contributed by atoms with Crippen LogP contribution in [0.1, 0.15) is 20.8 Å². The van der Waals surface area contributed by atoms with Gasteiger partial charge >= 0.3 is 0 Å². The number of methoxy groups -OCH3 is 3. The van der Waals surface area contributed by atoms with Gasteiger partial charge in [-0.05, 0) is 6.92 Å². The van der Waals surface area contributed by atoms with E-state index in [4.69, 9.17) is 24.1 Å². The van der Waals surface area contributed by atoms with Crippen LogP contribution in [0.3, 0.4) is 0 Å². The Labute approximate surface area is 157 Å². The molecule has 0 spiro atoms. The van der Waals surface area contributed by atoms with E-state index in [0.29, 0.717) is 0 Å². The van der Waals surface area contributed by atoms with Crippen LogP contribution in [0.15, 0.2) is 25.3 Å². The first-order valence-electron chi connectivity index (χ1n) is 8.46. The molecule has 154 valence electrons. The second-order valence-corrected chi connectivity index (χ2v) is 5.96. The minimum Gasteiger partial charge on any atom is -0.396 e. The van der Waals surface area contributed by atoms with Gasteiger partial charge in [-0.15, -0.1) is 13.2 Å². The smallest absolute Gasteiger partial charge is 0.146 e. The second-order valence-electron chi connectivity index (χ2n) is 5.96. The van der Waals surface area contributed by atoms with Crippen LogP contribution in [0, 0.1) is 11.8 Å². The van der Waals surface area contributed by atoms with Gasteiger partial charge in [0.1, 0.15) is 24.8 Å². The summed E-state index contributed by atoms with van der Waals surface area (Å²) < 4.78 is 20.3. The summed E-state index contributed by atoms with van der Waals surface area (Å²) in [7, 11) is 4.61. The van der Waals surface area contributed by atoms with Crippen LogP contribution in [0.5, 0.6) is 0 Å². The molecule has 0 rings (SSSR count). The number of rotatable bonds is 13. The van der Waals surface area contributed by atoms with Crippen LogP contribution < -0.4 is 0 Å². The van der Waals surface area contributed by atoms with Gasteiger partial charge in [0.15, 0.2) is 0 Å². The Balaban J connectivity index is 0. The molecule has 0 saturated carbocycles. The molecule has 6 atom stereocenters. The van der Waals surface area contributed by atoms with Crippen LogP contribution in [-0.2, 0) is 23.7 Å². The molecule has 7 nitrogen and oxygen atoms in total. The first kappa shape index (κ1) is 27.1. The van der Waals surface area contributed by atoms with Gasteiger partial charge in [0.25, 0.3) is 0 Å². The number of Topliss-reactive ketones (excluding diaryl/α,β-unsaturated/α-hetero) is 1. The number of ether oxygens (including phenoxy) is 4. The third-order valence-electron chi connectivity index (χ3n) is 4.05. The predicted molar refractivity (Wildman–Crippen MR) is 101 cm³/mol. The van der Waals surface area contributed by atoms with E-state index in [9.17, 15) is 9.90 Å². The molecule has 0 aliphatic heterocycles. The number of carbonyl (C=O) groups excluding carboxylic acids is 1. The standard InChI is InChI=1S/C10H20O4.C9H16O3/c1-5-9(13-4)10(8(2)6-11)14-7-12-3;1-5-8(12-4)9(11)6(2)7(3)10/h5,8-11H,1,6-7H2,2-4H3;5-6,8-9,11H,1H2,2-4H3/t8-,9+,10+;6-,8+,9+/m11/s1. The second kappa shape index (κ2) is 16.1. The molecule has 0 amide bonds. The van der Waals surface area contributed by atoms with Crippen molar-refractivity contribution >= 4 is 5.78 Å². The quantitative estimate of drug-likeness (QED) is 0.372. The SMILES string of the molecule is C=C[C@H](OC)[C@@H](O)[C@H](C)C(C)=O.C=C[C@H](OC)[C@@H](OCOC)[C@H](C)CO. The van der Waals surface area contributed by atoms with E-state index in [-0.39, 0.29) is 37.3 Å². The minimum atomic E-state index is -0.801. The fraction of sp³-hybridized carbons (Fsp3) is 0.737. The summed E-state index contributed by atoms with van der Waals surface area (Å²) in [6.45, 7) is 12.4. The van der Waals surface area contributed by atoms with Gasteiger partial charge in [0.05, 0.1) is 12.2 Å². The molecule has 0 aliphatic rings. The lowest BCUT2D eigenvalue weighted by molar-refractivity contribution is -0.132. The summed E-state index contributed by atoms with van der Waals surface area (Å²) in [5.41, 5.74) is 0. The summed E-state index contributed by atoms with van der Waals surface area (Å²) in [4.78, 5) is 10.9. The number of hydrogen-bond donors (Lipinski definition) is 2. The molecule has 0 saturated heterocycles. The van der Waals surface area contributed by atoms with E-state index in [1.54, 1.807) is 27.2 Å². The number of hydrogen-bond acceptors (Lipinski definition) is 7. The third-order valence-corrected chi connectivity index (χ3v) is 4.05. The van der Waals surface area contributed by atoms with Crippen molar-refractivity contribution in [3.8, 4) is 0 Å². The fourth-order valence-electron chi connectivity index (χ4n) is 2.10. The van der Waals surface area contributed by atoms with Crippen molar-refractivity contribution in [1.82, 2.24) is 0 Å². The highest BCUT2D eigenvalue weighted by atomic mass is 16.7. The van der Waals surface area contributed by atoms with E-state index in [2.05, 4.69) is 13.2 Å². The van der Waals surface area contributed by atoms with Crippen LogP contribution in [0.2, 0.25) is 0 Å². The molecule has 0 aliphatic carbocycles. The Hall–Kier alpha value is -1.09. The molecule has 0 radical (unpaired) electrons. The van der Waals surface area contributed by atoms with Crippen molar-refractivity contribution in [3.05, 3.63) is 25.3 Å². The van der Waals surface area contributed by atoms with Gasteiger partial charge in [0, 0.05) is 39.8 Å². The van der Waals surface area contributed by atoms with Gasteiger partial charge in [-0.25, -0.2) is 0 Å². The Morgan fingerprint density at radius 3 is 1.88 bits per heavy atom. The van der Waals surface area contributed by atoms with Crippen molar-refractivity contribution in [2.24, 2.45) is 11.8 Å². The fourth-order valence-corrected chi connectivity index (χ4v) is 2.10. The van der Waals surface area contributed by atoms with E-state index in [0.717, 1.165) is 0 Å². The molecule has 0 aromatic heterocycles. The summed E-state index contributed by atoms with van der Waals surface area (Å²) in [5, 5.41) is 18.6. The molecule has 7 heteroatoms. The molecule has 0 aromatic rings. The third kappa shape index (κ3) is 10.2. The highest BCUT2D eigenvalue weighted by Crippen LogP contribution is 2.15.